The smallest absolute Gasteiger partial charge is 0.319 e. The molecule has 0 atom stereocenters. The molecule has 20 heavy (non-hydrogen) atoms. The first-order valence-electron chi connectivity index (χ1n) is 6.84. The van der Waals surface area contributed by atoms with E-state index in [2.05, 4.69) is 41.3 Å². The lowest BCUT2D eigenvalue weighted by Gasteiger charge is -2.09. The van der Waals surface area contributed by atoms with Gasteiger partial charge in [0.25, 0.3) is 0 Å². The Morgan fingerprint density at radius 2 is 2.15 bits per heavy atom. The predicted octanol–water partition coefficient (Wildman–Crippen LogP) is 2.41. The number of aliphatic hydroxyl groups is 1. The van der Waals surface area contributed by atoms with Crippen molar-refractivity contribution in [3.05, 3.63) is 30.5 Å². The zero-order valence-corrected chi connectivity index (χ0v) is 11.9. The number of amides is 2. The lowest BCUT2D eigenvalue weighted by Crippen LogP contribution is -2.30. The number of nitrogens with one attached hydrogen (secondary N) is 2. The first-order chi connectivity index (χ1) is 9.60. The molecule has 0 aliphatic rings. The second-order valence-electron chi connectivity index (χ2n) is 5.24. The fourth-order valence-corrected chi connectivity index (χ4v) is 2.18. The normalized spacial score (nSPS) is 11.0. The Hall–Kier alpha value is -2.01. The molecule has 5 heteroatoms. The van der Waals surface area contributed by atoms with Gasteiger partial charge in [-0.15, -0.1) is 0 Å². The summed E-state index contributed by atoms with van der Waals surface area (Å²) in [5, 5.41) is 15.1. The molecule has 0 unspecified atom stereocenters. The van der Waals surface area contributed by atoms with Gasteiger partial charge in [-0.3, -0.25) is 0 Å². The summed E-state index contributed by atoms with van der Waals surface area (Å²) in [5.41, 5.74) is 1.91. The van der Waals surface area contributed by atoms with Gasteiger partial charge in [0, 0.05) is 35.9 Å². The Morgan fingerprint density at radius 3 is 2.85 bits per heavy atom. The zero-order valence-electron chi connectivity index (χ0n) is 11.9. The fraction of sp³-hybridized carbons (Fsp3) is 0.400. The maximum atomic E-state index is 11.5. The minimum atomic E-state index is -0.306. The van der Waals surface area contributed by atoms with Gasteiger partial charge in [-0.1, -0.05) is 13.8 Å². The highest BCUT2D eigenvalue weighted by Crippen LogP contribution is 2.21. The van der Waals surface area contributed by atoms with E-state index in [1.165, 1.54) is 5.52 Å². The fourth-order valence-electron chi connectivity index (χ4n) is 2.18. The Balaban J connectivity index is 2.12. The Bertz CT molecular complexity index is 590. The summed E-state index contributed by atoms with van der Waals surface area (Å²) in [6.45, 7) is 5.54. The van der Waals surface area contributed by atoms with Crippen LogP contribution in [0.25, 0.3) is 10.9 Å². The predicted molar refractivity (Wildman–Crippen MR) is 80.9 cm³/mol. The average molecular weight is 275 g/mol. The summed E-state index contributed by atoms with van der Waals surface area (Å²) in [7, 11) is 0. The van der Waals surface area contributed by atoms with Crippen molar-refractivity contribution in [2.24, 2.45) is 5.92 Å². The number of aliphatic hydroxyl groups excluding tert-OH is 1. The van der Waals surface area contributed by atoms with Gasteiger partial charge in [0.1, 0.15) is 0 Å². The first-order valence-corrected chi connectivity index (χ1v) is 6.84. The van der Waals surface area contributed by atoms with E-state index in [0.717, 1.165) is 17.6 Å². The highest BCUT2D eigenvalue weighted by molar-refractivity contribution is 5.92. The number of benzene rings is 1. The molecule has 2 rings (SSSR count). The molecule has 0 saturated carbocycles. The Labute approximate surface area is 118 Å². The lowest BCUT2D eigenvalue weighted by molar-refractivity contribution is 0.245. The van der Waals surface area contributed by atoms with Gasteiger partial charge >= 0.3 is 6.03 Å². The second-order valence-corrected chi connectivity index (χ2v) is 5.24. The number of anilines is 1. The van der Waals surface area contributed by atoms with Crippen molar-refractivity contribution in [3.63, 3.8) is 0 Å². The van der Waals surface area contributed by atoms with E-state index in [1.54, 1.807) is 0 Å². The Kier molecular flexibility index (Phi) is 4.63. The summed E-state index contributed by atoms with van der Waals surface area (Å²) in [6, 6.07) is 7.59. The third-order valence-electron chi connectivity index (χ3n) is 2.99. The number of aromatic nitrogens is 1. The van der Waals surface area contributed by atoms with E-state index in [1.807, 2.05) is 18.2 Å². The van der Waals surface area contributed by atoms with E-state index in [-0.39, 0.29) is 19.2 Å². The van der Waals surface area contributed by atoms with Crippen molar-refractivity contribution in [1.29, 1.82) is 0 Å². The van der Waals surface area contributed by atoms with Gasteiger partial charge in [-0.05, 0) is 30.2 Å². The summed E-state index contributed by atoms with van der Waals surface area (Å²) in [5.74, 6) is 0.590. The van der Waals surface area contributed by atoms with E-state index in [0.29, 0.717) is 5.92 Å². The maximum Gasteiger partial charge on any atom is 0.319 e. The number of rotatable bonds is 5. The first kappa shape index (κ1) is 14.4. The average Bonchev–Trinajstić information content (AvgIpc) is 2.78. The summed E-state index contributed by atoms with van der Waals surface area (Å²) < 4.78 is 2.22. The molecule has 0 fully saturated rings. The van der Waals surface area contributed by atoms with E-state index in [4.69, 9.17) is 5.11 Å². The van der Waals surface area contributed by atoms with Gasteiger partial charge < -0.3 is 20.3 Å². The molecule has 2 aromatic rings. The number of hydrogen-bond acceptors (Lipinski definition) is 2. The van der Waals surface area contributed by atoms with Crippen molar-refractivity contribution in [3.8, 4) is 0 Å². The highest BCUT2D eigenvalue weighted by atomic mass is 16.3. The molecule has 2 amide bonds. The Morgan fingerprint density at radius 1 is 1.35 bits per heavy atom. The standard InChI is InChI=1S/C15H21N3O2/c1-11(2)10-18-7-5-12-9-13(3-4-14(12)18)17-15(20)16-6-8-19/h3-5,7,9,11,19H,6,8,10H2,1-2H3,(H2,16,17,20). The topological polar surface area (TPSA) is 66.3 Å². The molecule has 3 N–H and O–H groups in total. The van der Waals surface area contributed by atoms with Gasteiger partial charge in [0.15, 0.2) is 0 Å². The molecule has 1 heterocycles. The molecule has 0 bridgehead atoms. The van der Waals surface area contributed by atoms with Crippen molar-refractivity contribution >= 4 is 22.6 Å². The molecule has 0 radical (unpaired) electrons. The van der Waals surface area contributed by atoms with Crippen LogP contribution in [0.1, 0.15) is 13.8 Å². The van der Waals surface area contributed by atoms with Gasteiger partial charge in [-0.25, -0.2) is 4.79 Å². The largest absolute Gasteiger partial charge is 0.395 e. The SMILES string of the molecule is CC(C)Cn1ccc2cc(NC(=O)NCCO)ccc21. The molecule has 5 nitrogen and oxygen atoms in total. The van der Waals surface area contributed by atoms with Crippen molar-refractivity contribution in [2.45, 2.75) is 20.4 Å². The van der Waals surface area contributed by atoms with Crippen LogP contribution in [0, 0.1) is 5.92 Å². The van der Waals surface area contributed by atoms with Crippen LogP contribution in [-0.2, 0) is 6.54 Å². The minimum absolute atomic E-state index is 0.0650. The number of nitrogens with zero attached hydrogens (tertiary/aromatic N) is 1. The minimum Gasteiger partial charge on any atom is -0.395 e. The third-order valence-corrected chi connectivity index (χ3v) is 2.99. The number of carbonyl (C=O) groups is 1. The van der Waals surface area contributed by atoms with Crippen molar-refractivity contribution in [2.75, 3.05) is 18.5 Å². The molecule has 1 aromatic carbocycles. The van der Waals surface area contributed by atoms with Gasteiger partial charge in [-0.2, -0.15) is 0 Å². The molecular weight excluding hydrogens is 254 g/mol. The molecular formula is C15H21N3O2. The zero-order chi connectivity index (χ0) is 14.5. The van der Waals surface area contributed by atoms with Crippen LogP contribution < -0.4 is 10.6 Å². The van der Waals surface area contributed by atoms with Gasteiger partial charge in [0.05, 0.1) is 6.61 Å². The van der Waals surface area contributed by atoms with Crippen LogP contribution >= 0.6 is 0 Å². The molecule has 0 aliphatic heterocycles. The third kappa shape index (κ3) is 3.51. The monoisotopic (exact) mass is 275 g/mol. The van der Waals surface area contributed by atoms with Gasteiger partial charge in [0.2, 0.25) is 0 Å². The molecule has 1 aromatic heterocycles. The van der Waals surface area contributed by atoms with E-state index >= 15 is 0 Å². The number of fused-ring (bicyclic) bond motifs is 1. The molecule has 108 valence electrons. The van der Waals surface area contributed by atoms with Crippen molar-refractivity contribution in [1.82, 2.24) is 9.88 Å². The van der Waals surface area contributed by atoms with E-state index in [9.17, 15) is 4.79 Å². The summed E-state index contributed by atoms with van der Waals surface area (Å²) in [4.78, 5) is 11.5. The van der Waals surface area contributed by atoms with Crippen LogP contribution in [0.5, 0.6) is 0 Å². The molecule has 0 aliphatic carbocycles. The quantitative estimate of drug-likeness (QED) is 0.784. The lowest BCUT2D eigenvalue weighted by atomic mass is 10.2. The summed E-state index contributed by atoms with van der Waals surface area (Å²) >= 11 is 0. The second kappa shape index (κ2) is 6.43. The van der Waals surface area contributed by atoms with E-state index < -0.39 is 0 Å². The van der Waals surface area contributed by atoms with Crippen LogP contribution in [0.2, 0.25) is 0 Å². The van der Waals surface area contributed by atoms with Crippen LogP contribution in [0.4, 0.5) is 10.5 Å². The highest BCUT2D eigenvalue weighted by Gasteiger charge is 2.05. The van der Waals surface area contributed by atoms with Crippen LogP contribution in [0.3, 0.4) is 0 Å². The van der Waals surface area contributed by atoms with Crippen LogP contribution in [0.15, 0.2) is 30.5 Å². The molecule has 0 saturated heterocycles. The number of hydrogen-bond donors (Lipinski definition) is 3. The summed E-state index contributed by atoms with van der Waals surface area (Å²) in [6.07, 6.45) is 2.07. The van der Waals surface area contributed by atoms with Crippen LogP contribution in [-0.4, -0.2) is 28.9 Å². The molecule has 0 spiro atoms. The maximum absolute atomic E-state index is 11.5. The van der Waals surface area contributed by atoms with Crippen molar-refractivity contribution < 1.29 is 9.90 Å². The number of urea groups is 1. The number of carbonyl (C=O) groups excluding carboxylic acids is 1.